The quantitative estimate of drug-likeness (QED) is 0.751. The molecule has 2 amide bonds. The minimum absolute atomic E-state index is 0.0700. The van der Waals surface area contributed by atoms with E-state index in [4.69, 9.17) is 0 Å². The average Bonchev–Trinajstić information content (AvgIpc) is 2.56. The molecule has 0 N–H and O–H groups in total. The molecule has 0 aliphatic carbocycles. The van der Waals surface area contributed by atoms with Gasteiger partial charge in [-0.25, -0.2) is 9.79 Å². The molecule has 0 fully saturated rings. The van der Waals surface area contributed by atoms with E-state index in [-0.39, 0.29) is 18.1 Å². The second kappa shape index (κ2) is 6.84. The predicted molar refractivity (Wildman–Crippen MR) is 86.5 cm³/mol. The van der Waals surface area contributed by atoms with Gasteiger partial charge < -0.3 is 4.90 Å². The van der Waals surface area contributed by atoms with Crippen LogP contribution in [0.3, 0.4) is 0 Å². The number of urea groups is 1. The van der Waals surface area contributed by atoms with Crippen LogP contribution in [-0.4, -0.2) is 17.6 Å². The molecule has 0 aliphatic heterocycles. The van der Waals surface area contributed by atoms with Crippen LogP contribution in [0, 0.1) is 0 Å². The Bertz CT molecular complexity index is 550. The molecule has 0 saturated heterocycles. The fourth-order valence-electron chi connectivity index (χ4n) is 2.53. The summed E-state index contributed by atoms with van der Waals surface area (Å²) in [4.78, 5) is 17.6. The molecule has 2 aromatic carbocycles. The maximum absolute atomic E-state index is 12.2. The van der Waals surface area contributed by atoms with Crippen molar-refractivity contribution in [3.63, 3.8) is 0 Å². The van der Waals surface area contributed by atoms with Gasteiger partial charge in [0, 0.05) is 0 Å². The minimum Gasteiger partial charge on any atom is -0.309 e. The van der Waals surface area contributed by atoms with Crippen LogP contribution in [-0.2, 0) is 0 Å². The molecule has 3 nitrogen and oxygen atoms in total. The normalized spacial score (nSPS) is 13.2. The van der Waals surface area contributed by atoms with Crippen molar-refractivity contribution in [3.8, 4) is 0 Å². The first kappa shape index (κ1) is 15.0. The Kier molecular flexibility index (Phi) is 4.88. The molecule has 2 atom stereocenters. The van der Waals surface area contributed by atoms with E-state index in [1.807, 2.05) is 74.5 Å². The highest BCUT2D eigenvalue weighted by Gasteiger charge is 2.26. The number of hydrogen-bond acceptors (Lipinski definition) is 1. The van der Waals surface area contributed by atoms with Crippen LogP contribution in [0.2, 0.25) is 0 Å². The maximum atomic E-state index is 12.2. The van der Waals surface area contributed by atoms with Gasteiger partial charge in [0.15, 0.2) is 0 Å². The van der Waals surface area contributed by atoms with Gasteiger partial charge in [-0.15, -0.1) is 0 Å². The number of amides is 2. The molecule has 0 spiro atoms. The zero-order valence-corrected chi connectivity index (χ0v) is 12.4. The standard InChI is InChI=1S/C18H20N2O/c1-14(16-10-6-4-7-11-16)20(18(21)19-3)15(2)17-12-8-5-9-13-17/h4-15H,3H2,1-2H3. The smallest absolute Gasteiger partial charge is 0.309 e. The highest BCUT2D eigenvalue weighted by Crippen LogP contribution is 2.30. The molecular weight excluding hydrogens is 260 g/mol. The molecule has 0 bridgehead atoms. The number of rotatable bonds is 4. The van der Waals surface area contributed by atoms with Gasteiger partial charge in [-0.3, -0.25) is 0 Å². The molecule has 3 heteroatoms. The summed E-state index contributed by atoms with van der Waals surface area (Å²) in [5.41, 5.74) is 2.16. The number of aliphatic imine (C=N–C) groups is 1. The van der Waals surface area contributed by atoms with Crippen LogP contribution in [0.1, 0.15) is 37.1 Å². The molecular formula is C18H20N2O. The second-order valence-corrected chi connectivity index (χ2v) is 5.02. The van der Waals surface area contributed by atoms with Crippen molar-refractivity contribution in [2.24, 2.45) is 4.99 Å². The summed E-state index contributed by atoms with van der Waals surface area (Å²) in [5, 5.41) is 0. The Hall–Kier alpha value is -2.42. The fourth-order valence-corrected chi connectivity index (χ4v) is 2.53. The Morgan fingerprint density at radius 3 is 1.62 bits per heavy atom. The van der Waals surface area contributed by atoms with Gasteiger partial charge in [-0.1, -0.05) is 60.7 Å². The Morgan fingerprint density at radius 1 is 0.905 bits per heavy atom. The first-order chi connectivity index (χ1) is 10.1. The number of nitrogens with zero attached hydrogens (tertiary/aromatic N) is 2. The monoisotopic (exact) mass is 280 g/mol. The number of hydrogen-bond donors (Lipinski definition) is 0. The summed E-state index contributed by atoms with van der Waals surface area (Å²) in [5.74, 6) is 0. The Labute approximate surface area is 125 Å². The van der Waals surface area contributed by atoms with Crippen molar-refractivity contribution in [1.82, 2.24) is 4.90 Å². The molecule has 21 heavy (non-hydrogen) atoms. The van der Waals surface area contributed by atoms with E-state index in [1.54, 1.807) is 4.90 Å². The van der Waals surface area contributed by atoms with E-state index in [1.165, 1.54) is 0 Å². The lowest BCUT2D eigenvalue weighted by Crippen LogP contribution is -2.33. The summed E-state index contributed by atoms with van der Waals surface area (Å²) < 4.78 is 0. The van der Waals surface area contributed by atoms with Gasteiger partial charge >= 0.3 is 6.03 Å². The number of carbonyl (C=O) groups is 1. The van der Waals surface area contributed by atoms with E-state index < -0.39 is 0 Å². The lowest BCUT2D eigenvalue weighted by atomic mass is 10.0. The topological polar surface area (TPSA) is 32.7 Å². The van der Waals surface area contributed by atoms with Gasteiger partial charge in [0.05, 0.1) is 12.1 Å². The van der Waals surface area contributed by atoms with E-state index in [0.717, 1.165) is 11.1 Å². The first-order valence-corrected chi connectivity index (χ1v) is 7.04. The van der Waals surface area contributed by atoms with Gasteiger partial charge in [0.1, 0.15) is 0 Å². The maximum Gasteiger partial charge on any atom is 0.343 e. The summed E-state index contributed by atoms with van der Waals surface area (Å²) in [7, 11) is 0. The predicted octanol–water partition coefficient (Wildman–Crippen LogP) is 4.63. The molecule has 108 valence electrons. The third-order valence-electron chi connectivity index (χ3n) is 3.75. The SMILES string of the molecule is C=NC(=O)N(C(C)c1ccccc1)C(C)c1ccccc1. The lowest BCUT2D eigenvalue weighted by Gasteiger charge is -2.33. The number of benzene rings is 2. The van der Waals surface area contributed by atoms with Crippen LogP contribution < -0.4 is 0 Å². The van der Waals surface area contributed by atoms with Gasteiger partial charge in [0.2, 0.25) is 0 Å². The van der Waals surface area contributed by atoms with Crippen LogP contribution in [0.5, 0.6) is 0 Å². The van der Waals surface area contributed by atoms with E-state index in [2.05, 4.69) is 11.7 Å². The largest absolute Gasteiger partial charge is 0.343 e. The van der Waals surface area contributed by atoms with E-state index in [0.29, 0.717) is 0 Å². The van der Waals surface area contributed by atoms with Crippen molar-refractivity contribution < 1.29 is 4.79 Å². The molecule has 0 heterocycles. The van der Waals surface area contributed by atoms with Crippen LogP contribution in [0.4, 0.5) is 4.79 Å². The molecule has 0 radical (unpaired) electrons. The minimum atomic E-state index is -0.303. The highest BCUT2D eigenvalue weighted by atomic mass is 16.2. The third-order valence-corrected chi connectivity index (χ3v) is 3.75. The second-order valence-electron chi connectivity index (χ2n) is 5.02. The van der Waals surface area contributed by atoms with Crippen LogP contribution >= 0.6 is 0 Å². The summed E-state index contributed by atoms with van der Waals surface area (Å²) >= 11 is 0. The molecule has 2 unspecified atom stereocenters. The van der Waals surface area contributed by atoms with Crippen molar-refractivity contribution in [3.05, 3.63) is 71.8 Å². The van der Waals surface area contributed by atoms with Crippen molar-refractivity contribution >= 4 is 12.7 Å². The fraction of sp³-hybridized carbons (Fsp3) is 0.222. The van der Waals surface area contributed by atoms with Crippen molar-refractivity contribution in [2.45, 2.75) is 25.9 Å². The van der Waals surface area contributed by atoms with E-state index >= 15 is 0 Å². The summed E-state index contributed by atoms with van der Waals surface area (Å²) in [6.45, 7) is 7.42. The first-order valence-electron chi connectivity index (χ1n) is 7.04. The molecule has 2 rings (SSSR count). The molecule has 0 saturated carbocycles. The third kappa shape index (κ3) is 3.37. The van der Waals surface area contributed by atoms with Gasteiger partial charge in [-0.05, 0) is 31.7 Å². The average molecular weight is 280 g/mol. The Morgan fingerprint density at radius 2 is 1.29 bits per heavy atom. The lowest BCUT2D eigenvalue weighted by molar-refractivity contribution is 0.164. The van der Waals surface area contributed by atoms with Gasteiger partial charge in [0.25, 0.3) is 0 Å². The van der Waals surface area contributed by atoms with E-state index in [9.17, 15) is 4.79 Å². The Balaban J connectivity index is 2.35. The molecule has 0 aliphatic rings. The molecule has 2 aromatic rings. The van der Waals surface area contributed by atoms with Crippen molar-refractivity contribution in [2.75, 3.05) is 0 Å². The zero-order valence-electron chi connectivity index (χ0n) is 12.4. The van der Waals surface area contributed by atoms with Gasteiger partial charge in [-0.2, -0.15) is 0 Å². The summed E-state index contributed by atoms with van der Waals surface area (Å²) in [6, 6.07) is 19.5. The number of carbonyl (C=O) groups excluding carboxylic acids is 1. The zero-order chi connectivity index (χ0) is 15.2. The molecule has 0 aromatic heterocycles. The van der Waals surface area contributed by atoms with Crippen LogP contribution in [0.15, 0.2) is 65.7 Å². The highest BCUT2D eigenvalue weighted by molar-refractivity contribution is 5.79. The summed E-state index contributed by atoms with van der Waals surface area (Å²) in [6.07, 6.45) is 0. The van der Waals surface area contributed by atoms with Crippen molar-refractivity contribution in [1.29, 1.82) is 0 Å². The van der Waals surface area contributed by atoms with Crippen LogP contribution in [0.25, 0.3) is 0 Å².